The molecular weight excluding hydrogens is 272 g/mol. The van der Waals surface area contributed by atoms with Gasteiger partial charge in [0.1, 0.15) is 6.04 Å². The summed E-state index contributed by atoms with van der Waals surface area (Å²) in [6, 6.07) is 8.15. The molecule has 6 nitrogen and oxygen atoms in total. The molecule has 1 rings (SSSR count). The van der Waals surface area contributed by atoms with E-state index in [1.807, 2.05) is 37.3 Å². The van der Waals surface area contributed by atoms with Gasteiger partial charge < -0.3 is 20.5 Å². The van der Waals surface area contributed by atoms with E-state index in [9.17, 15) is 9.59 Å². The third-order valence-corrected chi connectivity index (χ3v) is 3.12. The summed E-state index contributed by atoms with van der Waals surface area (Å²) in [5.41, 5.74) is 1.04. The summed E-state index contributed by atoms with van der Waals surface area (Å²) < 4.78 is 5.00. The van der Waals surface area contributed by atoms with Gasteiger partial charge in [0, 0.05) is 13.7 Å². The number of urea groups is 1. The Morgan fingerprint density at radius 3 is 2.52 bits per heavy atom. The van der Waals surface area contributed by atoms with Gasteiger partial charge >= 0.3 is 12.0 Å². The van der Waals surface area contributed by atoms with Crippen molar-refractivity contribution in [3.63, 3.8) is 0 Å². The van der Waals surface area contributed by atoms with Crippen LogP contribution in [-0.4, -0.2) is 42.9 Å². The Bertz CT molecular complexity index is 450. The highest BCUT2D eigenvalue weighted by atomic mass is 16.5. The number of rotatable bonds is 8. The number of ether oxygens (including phenoxy) is 1. The van der Waals surface area contributed by atoms with Crippen LogP contribution in [0.3, 0.4) is 0 Å². The maximum Gasteiger partial charge on any atom is 0.326 e. The van der Waals surface area contributed by atoms with Gasteiger partial charge in [-0.3, -0.25) is 0 Å². The number of benzene rings is 1. The lowest BCUT2D eigenvalue weighted by Crippen LogP contribution is -2.47. The molecule has 2 amide bonds. The molecule has 2 unspecified atom stereocenters. The first-order valence-electron chi connectivity index (χ1n) is 6.86. The van der Waals surface area contributed by atoms with E-state index in [0.29, 0.717) is 19.4 Å². The maximum atomic E-state index is 11.6. The topological polar surface area (TPSA) is 87.7 Å². The van der Waals surface area contributed by atoms with Gasteiger partial charge in [-0.2, -0.15) is 0 Å². The zero-order valence-electron chi connectivity index (χ0n) is 12.3. The summed E-state index contributed by atoms with van der Waals surface area (Å²) in [6.07, 6.45) is 0.808. The fraction of sp³-hybridized carbons (Fsp3) is 0.467. The minimum Gasteiger partial charge on any atom is -0.480 e. The minimum atomic E-state index is -1.04. The number of amides is 2. The molecule has 3 N–H and O–H groups in total. The highest BCUT2D eigenvalue weighted by Crippen LogP contribution is 2.05. The van der Waals surface area contributed by atoms with E-state index in [2.05, 4.69) is 10.6 Å². The van der Waals surface area contributed by atoms with Gasteiger partial charge in [-0.25, -0.2) is 9.59 Å². The largest absolute Gasteiger partial charge is 0.480 e. The molecule has 0 aromatic heterocycles. The summed E-state index contributed by atoms with van der Waals surface area (Å²) in [5, 5.41) is 14.2. The molecule has 2 atom stereocenters. The number of nitrogens with one attached hydrogen (secondary N) is 2. The average Bonchev–Trinajstić information content (AvgIpc) is 2.49. The van der Waals surface area contributed by atoms with Crippen LogP contribution in [0.4, 0.5) is 4.79 Å². The van der Waals surface area contributed by atoms with Gasteiger partial charge in [-0.1, -0.05) is 30.3 Å². The molecule has 21 heavy (non-hydrogen) atoms. The lowest BCUT2D eigenvalue weighted by atomic mass is 10.1. The van der Waals surface area contributed by atoms with Crippen molar-refractivity contribution in [1.29, 1.82) is 0 Å². The van der Waals surface area contributed by atoms with E-state index in [4.69, 9.17) is 9.84 Å². The molecule has 0 aliphatic heterocycles. The van der Waals surface area contributed by atoms with Gasteiger partial charge in [-0.05, 0) is 25.3 Å². The fourth-order valence-electron chi connectivity index (χ4n) is 1.74. The molecule has 1 aromatic carbocycles. The number of carboxylic acid groups (broad SMARTS) is 1. The number of methoxy groups -OCH3 is 1. The third-order valence-electron chi connectivity index (χ3n) is 3.12. The summed E-state index contributed by atoms with van der Waals surface area (Å²) in [7, 11) is 1.55. The monoisotopic (exact) mass is 294 g/mol. The molecule has 0 bridgehead atoms. The summed E-state index contributed by atoms with van der Waals surface area (Å²) in [6.45, 7) is 2.14. The summed E-state index contributed by atoms with van der Waals surface area (Å²) in [4.78, 5) is 22.8. The Labute approximate surface area is 124 Å². The Kier molecular flexibility index (Phi) is 7.25. The van der Waals surface area contributed by atoms with E-state index in [1.165, 1.54) is 0 Å². The normalized spacial score (nSPS) is 13.2. The van der Waals surface area contributed by atoms with Gasteiger partial charge in [0.25, 0.3) is 0 Å². The van der Waals surface area contributed by atoms with Crippen LogP contribution in [0.15, 0.2) is 30.3 Å². The van der Waals surface area contributed by atoms with Crippen molar-refractivity contribution in [2.45, 2.75) is 31.9 Å². The van der Waals surface area contributed by atoms with Crippen LogP contribution in [0.1, 0.15) is 18.9 Å². The highest BCUT2D eigenvalue weighted by molar-refractivity contribution is 5.82. The van der Waals surface area contributed by atoms with E-state index in [1.54, 1.807) is 7.11 Å². The Morgan fingerprint density at radius 2 is 1.95 bits per heavy atom. The van der Waals surface area contributed by atoms with Crippen molar-refractivity contribution < 1.29 is 19.4 Å². The first kappa shape index (κ1) is 17.0. The van der Waals surface area contributed by atoms with Crippen molar-refractivity contribution in [3.8, 4) is 0 Å². The molecule has 116 valence electrons. The van der Waals surface area contributed by atoms with Crippen molar-refractivity contribution in [2.75, 3.05) is 13.7 Å². The molecule has 1 aromatic rings. The van der Waals surface area contributed by atoms with Crippen LogP contribution in [0.25, 0.3) is 0 Å². The van der Waals surface area contributed by atoms with Crippen molar-refractivity contribution in [2.24, 2.45) is 0 Å². The summed E-state index contributed by atoms with van der Waals surface area (Å²) >= 11 is 0. The van der Waals surface area contributed by atoms with Crippen LogP contribution in [0.2, 0.25) is 0 Å². The molecule has 0 aliphatic carbocycles. The fourth-order valence-corrected chi connectivity index (χ4v) is 1.74. The molecule has 6 heteroatoms. The predicted octanol–water partition coefficient (Wildman–Crippen LogP) is 1.41. The number of aryl methyl sites for hydroxylation is 1. The standard InChI is InChI=1S/C15H22N2O4/c1-11(21-2)10-16-15(20)17-13(14(18)19)9-8-12-6-4-3-5-7-12/h3-7,11,13H,8-10H2,1-2H3,(H,18,19)(H2,16,17,20). The Hall–Kier alpha value is -2.08. The number of carboxylic acids is 1. The molecule has 0 fully saturated rings. The van der Waals surface area contributed by atoms with Gasteiger partial charge in [0.05, 0.1) is 6.10 Å². The molecule has 0 radical (unpaired) electrons. The molecular formula is C15H22N2O4. The zero-order chi connectivity index (χ0) is 15.7. The molecule has 0 aliphatic rings. The van der Waals surface area contributed by atoms with E-state index in [0.717, 1.165) is 5.56 Å². The maximum absolute atomic E-state index is 11.6. The SMILES string of the molecule is COC(C)CNC(=O)NC(CCc1ccccc1)C(=O)O. The van der Waals surface area contributed by atoms with Crippen LogP contribution in [-0.2, 0) is 16.0 Å². The number of aliphatic carboxylic acids is 1. The zero-order valence-corrected chi connectivity index (χ0v) is 12.3. The van der Waals surface area contributed by atoms with Gasteiger partial charge in [0.15, 0.2) is 0 Å². The van der Waals surface area contributed by atoms with E-state index in [-0.39, 0.29) is 6.10 Å². The lowest BCUT2D eigenvalue weighted by Gasteiger charge is -2.16. The number of hydrogen-bond donors (Lipinski definition) is 3. The lowest BCUT2D eigenvalue weighted by molar-refractivity contribution is -0.139. The van der Waals surface area contributed by atoms with E-state index >= 15 is 0 Å². The minimum absolute atomic E-state index is 0.122. The quantitative estimate of drug-likeness (QED) is 0.676. The van der Waals surface area contributed by atoms with Crippen LogP contribution < -0.4 is 10.6 Å². The highest BCUT2D eigenvalue weighted by Gasteiger charge is 2.19. The van der Waals surface area contributed by atoms with Crippen LogP contribution >= 0.6 is 0 Å². The van der Waals surface area contributed by atoms with Gasteiger partial charge in [0.2, 0.25) is 0 Å². The number of carbonyl (C=O) groups is 2. The van der Waals surface area contributed by atoms with Crippen molar-refractivity contribution in [3.05, 3.63) is 35.9 Å². The molecule has 0 spiro atoms. The van der Waals surface area contributed by atoms with Crippen molar-refractivity contribution in [1.82, 2.24) is 10.6 Å². The summed E-state index contributed by atoms with van der Waals surface area (Å²) in [5.74, 6) is -1.04. The second-order valence-electron chi connectivity index (χ2n) is 4.82. The Morgan fingerprint density at radius 1 is 1.29 bits per heavy atom. The van der Waals surface area contributed by atoms with Crippen LogP contribution in [0.5, 0.6) is 0 Å². The third kappa shape index (κ3) is 6.76. The van der Waals surface area contributed by atoms with E-state index < -0.39 is 18.0 Å². The molecule has 0 saturated carbocycles. The second kappa shape index (κ2) is 8.97. The average molecular weight is 294 g/mol. The number of hydrogen-bond acceptors (Lipinski definition) is 3. The van der Waals surface area contributed by atoms with Crippen LogP contribution in [0, 0.1) is 0 Å². The predicted molar refractivity (Wildman–Crippen MR) is 79.2 cm³/mol. The first-order chi connectivity index (χ1) is 10.0. The first-order valence-corrected chi connectivity index (χ1v) is 6.86. The molecule has 0 heterocycles. The second-order valence-corrected chi connectivity index (χ2v) is 4.82. The molecule has 0 saturated heterocycles. The van der Waals surface area contributed by atoms with Crippen molar-refractivity contribution >= 4 is 12.0 Å². The smallest absolute Gasteiger partial charge is 0.326 e. The number of carbonyl (C=O) groups excluding carboxylic acids is 1. The Balaban J connectivity index is 2.42. The van der Waals surface area contributed by atoms with Gasteiger partial charge in [-0.15, -0.1) is 0 Å².